The van der Waals surface area contributed by atoms with E-state index < -0.39 is 0 Å². The lowest BCUT2D eigenvalue weighted by Gasteiger charge is -2.31. The van der Waals surface area contributed by atoms with Crippen molar-refractivity contribution in [2.45, 2.75) is 19.4 Å². The van der Waals surface area contributed by atoms with Crippen LogP contribution in [0.25, 0.3) is 0 Å². The Bertz CT molecular complexity index is 519. The van der Waals surface area contributed by atoms with E-state index in [0.717, 1.165) is 18.4 Å². The number of nitrogens with zero attached hydrogens (tertiary/aromatic N) is 1. The van der Waals surface area contributed by atoms with Crippen LogP contribution in [0.1, 0.15) is 18.4 Å². The summed E-state index contributed by atoms with van der Waals surface area (Å²) >= 11 is 0. The first kappa shape index (κ1) is 15.3. The van der Waals surface area contributed by atoms with Crippen LogP contribution in [0.5, 0.6) is 5.75 Å². The maximum Gasteiger partial charge on any atom is 0.260 e. The van der Waals surface area contributed by atoms with Gasteiger partial charge in [-0.3, -0.25) is 9.59 Å². The Morgan fingerprint density at radius 3 is 2.81 bits per heavy atom. The van der Waals surface area contributed by atoms with E-state index in [9.17, 15) is 9.59 Å². The minimum absolute atomic E-state index is 0.0531. The van der Waals surface area contributed by atoms with Crippen molar-refractivity contribution < 1.29 is 14.3 Å². The van der Waals surface area contributed by atoms with Gasteiger partial charge in [0.2, 0.25) is 5.91 Å². The van der Waals surface area contributed by atoms with Crippen molar-refractivity contribution in [2.75, 3.05) is 19.7 Å². The number of hydrogen-bond donors (Lipinski definition) is 2. The Kier molecular flexibility index (Phi) is 5.16. The van der Waals surface area contributed by atoms with Crippen molar-refractivity contribution >= 4 is 11.8 Å². The lowest BCUT2D eigenvalue weighted by molar-refractivity contribution is -0.136. The molecular weight excluding hydrogens is 270 g/mol. The van der Waals surface area contributed by atoms with Crippen molar-refractivity contribution in [3.8, 4) is 5.75 Å². The molecule has 1 aliphatic heterocycles. The van der Waals surface area contributed by atoms with Gasteiger partial charge in [-0.1, -0.05) is 18.2 Å². The van der Waals surface area contributed by atoms with Crippen LogP contribution in [0.4, 0.5) is 0 Å². The zero-order chi connectivity index (χ0) is 15.2. The lowest BCUT2D eigenvalue weighted by Crippen LogP contribution is -2.45. The third kappa shape index (κ3) is 3.95. The smallest absolute Gasteiger partial charge is 0.260 e. The molecule has 4 N–H and O–H groups in total. The Hall–Kier alpha value is -2.08. The zero-order valence-electron chi connectivity index (χ0n) is 12.0. The number of ether oxygens (including phenoxy) is 1. The average molecular weight is 291 g/mol. The Morgan fingerprint density at radius 1 is 1.33 bits per heavy atom. The molecule has 1 fully saturated rings. The molecule has 0 saturated carbocycles. The summed E-state index contributed by atoms with van der Waals surface area (Å²) in [5.74, 6) is -0.106. The van der Waals surface area contributed by atoms with Crippen LogP contribution in [0.2, 0.25) is 0 Å². The maximum absolute atomic E-state index is 12.2. The molecule has 1 heterocycles. The van der Waals surface area contributed by atoms with Crippen molar-refractivity contribution in [2.24, 2.45) is 17.4 Å². The van der Waals surface area contributed by atoms with Crippen LogP contribution >= 0.6 is 0 Å². The molecule has 114 valence electrons. The molecule has 1 unspecified atom stereocenters. The fraction of sp³-hybridized carbons (Fsp3) is 0.467. The van der Waals surface area contributed by atoms with Crippen LogP contribution in [0.3, 0.4) is 0 Å². The quantitative estimate of drug-likeness (QED) is 0.812. The molecule has 0 aromatic heterocycles. The summed E-state index contributed by atoms with van der Waals surface area (Å²) in [5, 5.41) is 0. The molecule has 0 radical (unpaired) electrons. The molecule has 0 aliphatic carbocycles. The number of likely N-dealkylation sites (tertiary alicyclic amines) is 1. The molecule has 1 saturated heterocycles. The molecular formula is C15H21N3O3. The fourth-order valence-electron chi connectivity index (χ4n) is 2.48. The summed E-state index contributed by atoms with van der Waals surface area (Å²) < 4.78 is 5.55. The highest BCUT2D eigenvalue weighted by Crippen LogP contribution is 2.19. The highest BCUT2D eigenvalue weighted by molar-refractivity contribution is 5.81. The monoisotopic (exact) mass is 291 g/mol. The fourth-order valence-corrected chi connectivity index (χ4v) is 2.48. The number of piperidine rings is 1. The second-order valence-corrected chi connectivity index (χ2v) is 5.18. The van der Waals surface area contributed by atoms with Gasteiger partial charge in [0.25, 0.3) is 5.91 Å². The van der Waals surface area contributed by atoms with Gasteiger partial charge in [0.1, 0.15) is 5.75 Å². The molecule has 6 heteroatoms. The number of amides is 2. The first-order valence-corrected chi connectivity index (χ1v) is 7.09. The summed E-state index contributed by atoms with van der Waals surface area (Å²) in [7, 11) is 0. The van der Waals surface area contributed by atoms with Gasteiger partial charge in [0.15, 0.2) is 6.61 Å². The molecule has 1 aliphatic rings. The molecule has 1 aromatic carbocycles. The van der Waals surface area contributed by atoms with Gasteiger partial charge in [-0.15, -0.1) is 0 Å². The number of primary amides is 1. The molecule has 0 bridgehead atoms. The third-order valence-corrected chi connectivity index (χ3v) is 3.72. The van der Waals surface area contributed by atoms with Gasteiger partial charge >= 0.3 is 0 Å². The van der Waals surface area contributed by atoms with Gasteiger partial charge in [-0.25, -0.2) is 0 Å². The van der Waals surface area contributed by atoms with E-state index >= 15 is 0 Å². The predicted molar refractivity (Wildman–Crippen MR) is 78.3 cm³/mol. The summed E-state index contributed by atoms with van der Waals surface area (Å²) in [4.78, 5) is 25.0. The first-order valence-electron chi connectivity index (χ1n) is 7.09. The molecule has 21 heavy (non-hydrogen) atoms. The maximum atomic E-state index is 12.2. The van der Waals surface area contributed by atoms with Gasteiger partial charge in [0.05, 0.1) is 5.92 Å². The number of nitrogens with two attached hydrogens (primary N) is 2. The summed E-state index contributed by atoms with van der Waals surface area (Å²) in [6.45, 7) is 1.33. The summed E-state index contributed by atoms with van der Waals surface area (Å²) in [5.41, 5.74) is 11.8. The summed E-state index contributed by atoms with van der Waals surface area (Å²) in [6, 6.07) is 7.36. The van der Waals surface area contributed by atoms with Crippen LogP contribution in [-0.4, -0.2) is 36.4 Å². The third-order valence-electron chi connectivity index (χ3n) is 3.72. The van der Waals surface area contributed by atoms with Gasteiger partial charge in [0, 0.05) is 25.2 Å². The highest BCUT2D eigenvalue weighted by Gasteiger charge is 2.27. The van der Waals surface area contributed by atoms with Crippen LogP contribution in [0.15, 0.2) is 24.3 Å². The van der Waals surface area contributed by atoms with Gasteiger partial charge in [-0.2, -0.15) is 0 Å². The topological polar surface area (TPSA) is 98.7 Å². The second-order valence-electron chi connectivity index (χ2n) is 5.18. The van der Waals surface area contributed by atoms with Gasteiger partial charge < -0.3 is 21.1 Å². The van der Waals surface area contributed by atoms with Crippen LogP contribution < -0.4 is 16.2 Å². The van der Waals surface area contributed by atoms with Crippen LogP contribution in [0, 0.1) is 5.92 Å². The number of carbonyl (C=O) groups is 2. The standard InChI is InChI=1S/C15H21N3O3/c16-8-11-4-1-2-6-13(11)21-10-14(19)18-7-3-5-12(9-18)15(17)20/h1-2,4,6,12H,3,5,7-10,16H2,(H2,17,20). The lowest BCUT2D eigenvalue weighted by atomic mass is 9.97. The van der Waals surface area contributed by atoms with E-state index in [1.165, 1.54) is 0 Å². The number of carbonyl (C=O) groups excluding carboxylic acids is 2. The molecule has 6 nitrogen and oxygen atoms in total. The Morgan fingerprint density at radius 2 is 2.10 bits per heavy atom. The van der Waals surface area contributed by atoms with Crippen LogP contribution in [-0.2, 0) is 16.1 Å². The molecule has 1 atom stereocenters. The van der Waals surface area contributed by atoms with E-state index in [4.69, 9.17) is 16.2 Å². The van der Waals surface area contributed by atoms with E-state index in [2.05, 4.69) is 0 Å². The number of hydrogen-bond acceptors (Lipinski definition) is 4. The largest absolute Gasteiger partial charge is 0.483 e. The first-order chi connectivity index (χ1) is 10.1. The predicted octanol–water partition coefficient (Wildman–Crippen LogP) is 0.248. The average Bonchev–Trinajstić information content (AvgIpc) is 2.52. The minimum Gasteiger partial charge on any atom is -0.483 e. The van der Waals surface area contributed by atoms with E-state index in [0.29, 0.717) is 25.4 Å². The molecule has 2 amide bonds. The summed E-state index contributed by atoms with van der Waals surface area (Å²) in [6.07, 6.45) is 1.54. The Balaban J connectivity index is 1.91. The normalized spacial score (nSPS) is 18.3. The second kappa shape index (κ2) is 7.08. The Labute approximate surface area is 124 Å². The SMILES string of the molecule is NCc1ccccc1OCC(=O)N1CCCC(C(N)=O)C1. The van der Waals surface area contributed by atoms with E-state index in [1.54, 1.807) is 11.0 Å². The van der Waals surface area contributed by atoms with E-state index in [-0.39, 0.29) is 24.3 Å². The minimum atomic E-state index is -0.345. The van der Waals surface area contributed by atoms with Gasteiger partial charge in [-0.05, 0) is 18.9 Å². The molecule has 1 aromatic rings. The highest BCUT2D eigenvalue weighted by atomic mass is 16.5. The van der Waals surface area contributed by atoms with Crippen molar-refractivity contribution in [1.29, 1.82) is 0 Å². The number of benzene rings is 1. The van der Waals surface area contributed by atoms with Crippen molar-refractivity contribution in [3.63, 3.8) is 0 Å². The van der Waals surface area contributed by atoms with E-state index in [1.807, 2.05) is 18.2 Å². The molecule has 2 rings (SSSR count). The number of para-hydroxylation sites is 1. The van der Waals surface area contributed by atoms with Crippen molar-refractivity contribution in [1.82, 2.24) is 4.90 Å². The zero-order valence-corrected chi connectivity index (χ0v) is 12.0. The number of rotatable bonds is 5. The molecule has 0 spiro atoms. The van der Waals surface area contributed by atoms with Crippen molar-refractivity contribution in [3.05, 3.63) is 29.8 Å².